The number of hydrogen-bond donors (Lipinski definition) is 2. The molecule has 12 heteroatoms. The molecule has 0 amide bonds. The van der Waals surface area contributed by atoms with Crippen LogP contribution in [0.1, 0.15) is 90.2 Å². The minimum atomic E-state index is -3.77. The number of nitriles is 1. The van der Waals surface area contributed by atoms with Crippen molar-refractivity contribution in [3.8, 4) is 11.9 Å². The van der Waals surface area contributed by atoms with Gasteiger partial charge >= 0.3 is 0 Å². The number of unbranched alkanes of at least 4 members (excludes halogenated alkanes) is 2. The maximum absolute atomic E-state index is 14.0. The molecule has 0 aliphatic rings. The second-order valence-corrected chi connectivity index (χ2v) is 13.4. The minimum Gasteiger partial charge on any atom is -0.493 e. The smallest absolute Gasteiger partial charge is 0.281 e. The molecule has 2 N–H and O–H groups in total. The van der Waals surface area contributed by atoms with Crippen molar-refractivity contribution in [2.75, 3.05) is 32.9 Å². The van der Waals surface area contributed by atoms with Crippen LogP contribution in [0.15, 0.2) is 44.2 Å². The van der Waals surface area contributed by atoms with Crippen LogP contribution in [-0.2, 0) is 21.3 Å². The van der Waals surface area contributed by atoms with Crippen LogP contribution in [0, 0.1) is 30.1 Å². The number of aliphatic hydroxyl groups excluding tert-OH is 1. The van der Waals surface area contributed by atoms with E-state index >= 15 is 0 Å². The SMILES string of the molecule is CCCCC(CC)CN(CC(CC)CCCC)S(=O)(=O)c1ccc(N=Nc2c(C)c(C#N)c(O)n(CCOCCO)c2=O)cc1. The van der Waals surface area contributed by atoms with E-state index in [1.165, 1.54) is 19.1 Å². The lowest BCUT2D eigenvalue weighted by atomic mass is 9.97. The van der Waals surface area contributed by atoms with Gasteiger partial charge in [-0.05, 0) is 55.9 Å². The number of nitrogens with zero attached hydrogens (tertiary/aromatic N) is 5. The van der Waals surface area contributed by atoms with Crippen LogP contribution in [-0.4, -0.2) is 60.4 Å². The molecule has 250 valence electrons. The van der Waals surface area contributed by atoms with Crippen molar-refractivity contribution in [2.45, 2.75) is 97.4 Å². The number of benzene rings is 1. The van der Waals surface area contributed by atoms with Gasteiger partial charge in [-0.1, -0.05) is 66.2 Å². The highest BCUT2D eigenvalue weighted by molar-refractivity contribution is 7.89. The van der Waals surface area contributed by atoms with E-state index in [1.54, 1.807) is 16.4 Å². The molecule has 0 spiro atoms. The molecule has 2 rings (SSSR count). The first-order valence-electron chi connectivity index (χ1n) is 16.2. The van der Waals surface area contributed by atoms with Gasteiger partial charge in [0.05, 0.1) is 36.9 Å². The van der Waals surface area contributed by atoms with Crippen molar-refractivity contribution in [3.05, 3.63) is 45.7 Å². The molecule has 0 saturated heterocycles. The predicted molar refractivity (Wildman–Crippen MR) is 176 cm³/mol. The predicted octanol–water partition coefficient (Wildman–Crippen LogP) is 6.58. The lowest BCUT2D eigenvalue weighted by Crippen LogP contribution is -2.39. The zero-order valence-corrected chi connectivity index (χ0v) is 28.4. The third kappa shape index (κ3) is 10.7. The Morgan fingerprint density at radius 2 is 1.56 bits per heavy atom. The molecule has 0 saturated carbocycles. The lowest BCUT2D eigenvalue weighted by Gasteiger charge is -2.30. The number of aromatic nitrogens is 1. The Morgan fingerprint density at radius 3 is 2.04 bits per heavy atom. The highest BCUT2D eigenvalue weighted by Crippen LogP contribution is 2.29. The largest absolute Gasteiger partial charge is 0.493 e. The summed E-state index contributed by atoms with van der Waals surface area (Å²) in [5.74, 6) is 0.0768. The van der Waals surface area contributed by atoms with Crippen LogP contribution < -0.4 is 5.56 Å². The third-order valence-corrected chi connectivity index (χ3v) is 10.1. The summed E-state index contributed by atoms with van der Waals surface area (Å²) >= 11 is 0. The second kappa shape index (κ2) is 19.4. The Hall–Kier alpha value is -3.11. The fourth-order valence-electron chi connectivity index (χ4n) is 5.21. The molecule has 2 aromatic rings. The summed E-state index contributed by atoms with van der Waals surface area (Å²) < 4.78 is 35.8. The highest BCUT2D eigenvalue weighted by atomic mass is 32.2. The van der Waals surface area contributed by atoms with Gasteiger partial charge in [-0.2, -0.15) is 14.7 Å². The zero-order chi connectivity index (χ0) is 33.4. The number of pyridine rings is 1. The maximum Gasteiger partial charge on any atom is 0.281 e. The van der Waals surface area contributed by atoms with Crippen LogP contribution in [0.3, 0.4) is 0 Å². The van der Waals surface area contributed by atoms with Gasteiger partial charge in [0.25, 0.3) is 5.56 Å². The van der Waals surface area contributed by atoms with Gasteiger partial charge in [-0.15, -0.1) is 5.11 Å². The summed E-state index contributed by atoms with van der Waals surface area (Å²) in [4.78, 5) is 13.3. The van der Waals surface area contributed by atoms with Crippen LogP contribution in [0.5, 0.6) is 5.88 Å². The van der Waals surface area contributed by atoms with E-state index in [9.17, 15) is 23.6 Å². The second-order valence-electron chi connectivity index (χ2n) is 11.4. The lowest BCUT2D eigenvalue weighted by molar-refractivity contribution is 0.0854. The van der Waals surface area contributed by atoms with E-state index in [4.69, 9.17) is 9.84 Å². The summed E-state index contributed by atoms with van der Waals surface area (Å²) in [6.45, 7) is 10.9. The quantitative estimate of drug-likeness (QED) is 0.115. The molecule has 45 heavy (non-hydrogen) atoms. The van der Waals surface area contributed by atoms with Gasteiger partial charge in [-0.3, -0.25) is 9.36 Å². The Kier molecular flexibility index (Phi) is 16.4. The molecule has 0 bridgehead atoms. The number of aromatic hydroxyl groups is 1. The van der Waals surface area contributed by atoms with E-state index in [0.717, 1.165) is 55.9 Å². The molecule has 0 aliphatic carbocycles. The number of rotatable bonds is 21. The van der Waals surface area contributed by atoms with Gasteiger partial charge in [0.2, 0.25) is 15.9 Å². The molecule has 1 heterocycles. The first-order chi connectivity index (χ1) is 21.6. The van der Waals surface area contributed by atoms with Crippen molar-refractivity contribution in [1.82, 2.24) is 8.87 Å². The van der Waals surface area contributed by atoms with Gasteiger partial charge in [0.15, 0.2) is 5.69 Å². The average Bonchev–Trinajstić information content (AvgIpc) is 3.04. The van der Waals surface area contributed by atoms with E-state index in [0.29, 0.717) is 18.8 Å². The monoisotopic (exact) mass is 645 g/mol. The minimum absolute atomic E-state index is 0.0285. The van der Waals surface area contributed by atoms with Gasteiger partial charge in [0.1, 0.15) is 11.6 Å². The van der Waals surface area contributed by atoms with Gasteiger partial charge in [-0.25, -0.2) is 8.42 Å². The Bertz CT molecular complexity index is 1420. The van der Waals surface area contributed by atoms with Gasteiger partial charge < -0.3 is 14.9 Å². The Balaban J connectivity index is 2.40. The molecule has 1 aromatic heterocycles. The summed E-state index contributed by atoms with van der Waals surface area (Å²) in [5, 5.41) is 37.2. The Labute approximate surface area is 268 Å². The summed E-state index contributed by atoms with van der Waals surface area (Å²) in [6.07, 6.45) is 8.09. The molecule has 2 unspecified atom stereocenters. The standard InChI is InChI=1S/C33H51N5O6S/c1-6-10-12-26(8-3)23-37(24-27(9-4)13-11-7-2)45(42,43)29-16-14-28(15-17-29)35-36-31-25(5)30(22-34)32(40)38(33(31)41)18-20-44-21-19-39/h14-17,26-27,39-40H,6-13,18-21,23-24H2,1-5H3. The molecular formula is C33H51N5O6S. The van der Waals surface area contributed by atoms with Crippen LogP contribution in [0.2, 0.25) is 0 Å². The fraction of sp³-hybridized carbons (Fsp3) is 0.636. The topological polar surface area (TPSA) is 158 Å². The first kappa shape index (κ1) is 38.1. The van der Waals surface area contributed by atoms with Crippen molar-refractivity contribution < 1.29 is 23.4 Å². The van der Waals surface area contributed by atoms with Crippen molar-refractivity contribution in [3.63, 3.8) is 0 Å². The van der Waals surface area contributed by atoms with E-state index in [2.05, 4.69) is 37.9 Å². The normalized spacial score (nSPS) is 13.4. The summed E-state index contributed by atoms with van der Waals surface area (Å²) in [7, 11) is -3.77. The van der Waals surface area contributed by atoms with E-state index in [-0.39, 0.29) is 59.9 Å². The van der Waals surface area contributed by atoms with Crippen molar-refractivity contribution in [1.29, 1.82) is 5.26 Å². The molecule has 0 aliphatic heterocycles. The van der Waals surface area contributed by atoms with E-state index in [1.807, 2.05) is 6.07 Å². The zero-order valence-electron chi connectivity index (χ0n) is 27.5. The number of aliphatic hydroxyl groups is 1. The summed E-state index contributed by atoms with van der Waals surface area (Å²) in [6, 6.07) is 8.01. The van der Waals surface area contributed by atoms with Crippen LogP contribution in [0.4, 0.5) is 11.4 Å². The maximum atomic E-state index is 14.0. The number of hydrogen-bond acceptors (Lipinski definition) is 9. The summed E-state index contributed by atoms with van der Waals surface area (Å²) in [5.41, 5.74) is -0.386. The van der Waals surface area contributed by atoms with Crippen LogP contribution >= 0.6 is 0 Å². The molecular weight excluding hydrogens is 594 g/mol. The van der Waals surface area contributed by atoms with E-state index < -0.39 is 21.5 Å². The Morgan fingerprint density at radius 1 is 0.978 bits per heavy atom. The highest BCUT2D eigenvalue weighted by Gasteiger charge is 2.29. The first-order valence-corrected chi connectivity index (χ1v) is 17.6. The molecule has 1 aromatic carbocycles. The van der Waals surface area contributed by atoms with Crippen LogP contribution in [0.25, 0.3) is 0 Å². The number of ether oxygens (including phenoxy) is 1. The molecule has 11 nitrogen and oxygen atoms in total. The third-order valence-electron chi connectivity index (χ3n) is 8.21. The number of sulfonamides is 1. The molecule has 0 radical (unpaired) electrons. The van der Waals surface area contributed by atoms with Crippen molar-refractivity contribution in [2.24, 2.45) is 22.1 Å². The molecule has 0 fully saturated rings. The fourth-order valence-corrected chi connectivity index (χ4v) is 6.80. The van der Waals surface area contributed by atoms with Gasteiger partial charge in [0, 0.05) is 18.7 Å². The van der Waals surface area contributed by atoms with Crippen molar-refractivity contribution >= 4 is 21.4 Å². The molecule has 2 atom stereocenters. The average molecular weight is 646 g/mol. The number of azo groups is 1.